The molecular formula is C12H12F3NO4S. The van der Waals surface area contributed by atoms with Gasteiger partial charge in [-0.15, -0.1) is 0 Å². The van der Waals surface area contributed by atoms with E-state index in [4.69, 9.17) is 5.11 Å². The van der Waals surface area contributed by atoms with Gasteiger partial charge in [0.1, 0.15) is 0 Å². The summed E-state index contributed by atoms with van der Waals surface area (Å²) in [6.07, 6.45) is -4.75. The highest BCUT2D eigenvalue weighted by Crippen LogP contribution is 2.34. The van der Waals surface area contributed by atoms with Crippen LogP contribution in [-0.4, -0.2) is 44.1 Å². The third-order valence-corrected chi connectivity index (χ3v) is 4.86. The molecule has 0 spiro atoms. The van der Waals surface area contributed by atoms with E-state index in [1.807, 2.05) is 0 Å². The molecule has 2 rings (SSSR count). The number of aromatic carboxylic acids is 1. The summed E-state index contributed by atoms with van der Waals surface area (Å²) in [6.45, 7) is 0.263. The van der Waals surface area contributed by atoms with Crippen LogP contribution in [0, 0.1) is 0 Å². The van der Waals surface area contributed by atoms with Gasteiger partial charge in [0.2, 0.25) is 0 Å². The molecule has 1 saturated heterocycles. The van der Waals surface area contributed by atoms with Gasteiger partial charge < -0.3 is 10.0 Å². The molecule has 1 aromatic rings. The van der Waals surface area contributed by atoms with Gasteiger partial charge in [0.05, 0.1) is 22.6 Å². The first-order valence-electron chi connectivity index (χ1n) is 6.00. The smallest absolute Gasteiger partial charge is 0.417 e. The Kier molecular flexibility index (Phi) is 3.87. The number of carbonyl (C=O) groups is 1. The monoisotopic (exact) mass is 323 g/mol. The molecule has 5 nitrogen and oxygen atoms in total. The lowest BCUT2D eigenvalue weighted by Crippen LogP contribution is -2.40. The summed E-state index contributed by atoms with van der Waals surface area (Å²) < 4.78 is 60.8. The maximum Gasteiger partial charge on any atom is 0.417 e. The summed E-state index contributed by atoms with van der Waals surface area (Å²) in [6, 6.07) is 2.80. The zero-order valence-electron chi connectivity index (χ0n) is 10.7. The van der Waals surface area contributed by atoms with Crippen molar-refractivity contribution < 1.29 is 31.5 Å². The Morgan fingerprint density at radius 2 is 1.76 bits per heavy atom. The van der Waals surface area contributed by atoms with Crippen LogP contribution in [0.25, 0.3) is 0 Å². The van der Waals surface area contributed by atoms with E-state index in [1.165, 1.54) is 0 Å². The minimum atomic E-state index is -4.75. The number of sulfone groups is 1. The van der Waals surface area contributed by atoms with E-state index in [9.17, 15) is 26.4 Å². The van der Waals surface area contributed by atoms with Crippen molar-refractivity contribution in [3.05, 3.63) is 29.3 Å². The predicted octanol–water partition coefficient (Wildman–Crippen LogP) is 1.64. The quantitative estimate of drug-likeness (QED) is 0.895. The molecule has 0 aromatic heterocycles. The summed E-state index contributed by atoms with van der Waals surface area (Å²) in [7, 11) is -3.12. The van der Waals surface area contributed by atoms with Crippen LogP contribution in [-0.2, 0) is 16.0 Å². The molecule has 21 heavy (non-hydrogen) atoms. The van der Waals surface area contributed by atoms with E-state index in [0.29, 0.717) is 6.07 Å². The molecule has 1 aromatic carbocycles. The van der Waals surface area contributed by atoms with Crippen LogP contribution >= 0.6 is 0 Å². The van der Waals surface area contributed by atoms with Crippen molar-refractivity contribution in [1.82, 2.24) is 0 Å². The van der Waals surface area contributed by atoms with Gasteiger partial charge >= 0.3 is 12.1 Å². The lowest BCUT2D eigenvalue weighted by Gasteiger charge is -2.29. The Hall–Kier alpha value is -1.77. The van der Waals surface area contributed by atoms with Gasteiger partial charge in [-0.3, -0.25) is 0 Å². The summed E-state index contributed by atoms with van der Waals surface area (Å²) >= 11 is 0. The molecule has 1 aliphatic rings. The topological polar surface area (TPSA) is 74.7 Å². The van der Waals surface area contributed by atoms with Gasteiger partial charge in [-0.25, -0.2) is 13.2 Å². The maximum absolute atomic E-state index is 12.7. The number of anilines is 1. The standard InChI is InChI=1S/C12H12F3NO4S/c13-12(14,15)10-2-1-8(7-9(10)11(17)18)16-3-5-21(19,20)6-4-16/h1-2,7H,3-6H2,(H,17,18). The second kappa shape index (κ2) is 5.21. The van der Waals surface area contributed by atoms with E-state index >= 15 is 0 Å². The first-order chi connectivity index (χ1) is 9.60. The van der Waals surface area contributed by atoms with Crippen molar-refractivity contribution in [2.75, 3.05) is 29.5 Å². The molecule has 0 radical (unpaired) electrons. The van der Waals surface area contributed by atoms with Crippen molar-refractivity contribution in [3.63, 3.8) is 0 Å². The van der Waals surface area contributed by atoms with E-state index in [2.05, 4.69) is 0 Å². The van der Waals surface area contributed by atoms with E-state index < -0.39 is 33.1 Å². The highest BCUT2D eigenvalue weighted by atomic mass is 32.2. The second-order valence-corrected chi connectivity index (χ2v) is 6.98. The van der Waals surface area contributed by atoms with Crippen LogP contribution in [0.1, 0.15) is 15.9 Å². The first-order valence-corrected chi connectivity index (χ1v) is 7.82. The number of carboxylic acid groups (broad SMARTS) is 1. The lowest BCUT2D eigenvalue weighted by molar-refractivity contribution is -0.138. The van der Waals surface area contributed by atoms with Gasteiger partial charge in [-0.1, -0.05) is 0 Å². The molecule has 0 bridgehead atoms. The number of hydrogen-bond donors (Lipinski definition) is 1. The molecule has 0 unspecified atom stereocenters. The molecule has 1 N–H and O–H groups in total. The molecular weight excluding hydrogens is 311 g/mol. The third kappa shape index (κ3) is 3.46. The van der Waals surface area contributed by atoms with Gasteiger partial charge in [-0.2, -0.15) is 13.2 Å². The fraction of sp³-hybridized carbons (Fsp3) is 0.417. The number of hydrogen-bond acceptors (Lipinski definition) is 4. The van der Waals surface area contributed by atoms with Crippen LogP contribution < -0.4 is 4.90 Å². The maximum atomic E-state index is 12.7. The van der Waals surface area contributed by atoms with Gasteiger partial charge in [-0.05, 0) is 18.2 Å². The molecule has 0 aliphatic carbocycles. The SMILES string of the molecule is O=C(O)c1cc(N2CCS(=O)(=O)CC2)ccc1C(F)(F)F. The minimum Gasteiger partial charge on any atom is -0.478 e. The number of alkyl halides is 3. The first kappa shape index (κ1) is 15.6. The number of benzene rings is 1. The van der Waals surface area contributed by atoms with Gasteiger partial charge in [0.15, 0.2) is 9.84 Å². The fourth-order valence-electron chi connectivity index (χ4n) is 2.12. The van der Waals surface area contributed by atoms with Crippen LogP contribution in [0.2, 0.25) is 0 Å². The Morgan fingerprint density at radius 3 is 2.24 bits per heavy atom. The largest absolute Gasteiger partial charge is 0.478 e. The molecule has 9 heteroatoms. The number of halogens is 3. The van der Waals surface area contributed by atoms with Crippen molar-refractivity contribution in [2.24, 2.45) is 0 Å². The molecule has 0 amide bonds. The summed E-state index contributed by atoms with van der Waals surface area (Å²) in [4.78, 5) is 12.6. The number of rotatable bonds is 2. The van der Waals surface area contributed by atoms with Crippen molar-refractivity contribution in [2.45, 2.75) is 6.18 Å². The molecule has 0 atom stereocenters. The molecule has 1 fully saturated rings. The molecule has 1 aliphatic heterocycles. The minimum absolute atomic E-state index is 0.101. The number of carboxylic acids is 1. The van der Waals surface area contributed by atoms with Crippen LogP contribution in [0.4, 0.5) is 18.9 Å². The Morgan fingerprint density at radius 1 is 1.19 bits per heavy atom. The predicted molar refractivity (Wildman–Crippen MR) is 69.3 cm³/mol. The normalized spacial score (nSPS) is 18.5. The van der Waals surface area contributed by atoms with Crippen LogP contribution in [0.3, 0.4) is 0 Å². The lowest BCUT2D eigenvalue weighted by atomic mass is 10.1. The zero-order chi connectivity index (χ0) is 15.8. The van der Waals surface area contributed by atoms with Crippen molar-refractivity contribution in [1.29, 1.82) is 0 Å². The van der Waals surface area contributed by atoms with Crippen LogP contribution in [0.5, 0.6) is 0 Å². The highest BCUT2D eigenvalue weighted by molar-refractivity contribution is 7.91. The molecule has 116 valence electrons. The highest BCUT2D eigenvalue weighted by Gasteiger charge is 2.35. The van der Waals surface area contributed by atoms with E-state index in [1.54, 1.807) is 4.90 Å². The summed E-state index contributed by atoms with van der Waals surface area (Å²) in [5, 5.41) is 8.92. The average molecular weight is 323 g/mol. The Balaban J connectivity index is 2.35. The number of nitrogens with zero attached hydrogens (tertiary/aromatic N) is 1. The molecule has 0 saturated carbocycles. The van der Waals surface area contributed by atoms with Gasteiger partial charge in [0, 0.05) is 18.8 Å². The summed E-state index contributed by atoms with van der Waals surface area (Å²) in [5.41, 5.74) is -1.79. The van der Waals surface area contributed by atoms with Crippen molar-refractivity contribution >= 4 is 21.5 Å². The average Bonchev–Trinajstić information content (AvgIpc) is 2.37. The van der Waals surface area contributed by atoms with Crippen molar-refractivity contribution in [3.8, 4) is 0 Å². The third-order valence-electron chi connectivity index (χ3n) is 3.25. The Labute approximate surface area is 118 Å². The fourth-order valence-corrected chi connectivity index (χ4v) is 3.32. The van der Waals surface area contributed by atoms with Crippen LogP contribution in [0.15, 0.2) is 18.2 Å². The zero-order valence-corrected chi connectivity index (χ0v) is 11.5. The summed E-state index contributed by atoms with van der Waals surface area (Å²) in [5.74, 6) is -1.87. The Bertz CT molecular complexity index is 656. The van der Waals surface area contributed by atoms with E-state index in [-0.39, 0.29) is 30.3 Å². The second-order valence-electron chi connectivity index (χ2n) is 4.67. The van der Waals surface area contributed by atoms with Gasteiger partial charge in [0.25, 0.3) is 0 Å². The van der Waals surface area contributed by atoms with E-state index in [0.717, 1.165) is 12.1 Å². The molecule has 1 heterocycles.